The molecule has 128 valence electrons. The lowest BCUT2D eigenvalue weighted by Gasteiger charge is -2.24. The van der Waals surface area contributed by atoms with Crippen LogP contribution >= 0.6 is 0 Å². The van der Waals surface area contributed by atoms with Gasteiger partial charge in [-0.3, -0.25) is 14.9 Å². The van der Waals surface area contributed by atoms with Gasteiger partial charge in [0.05, 0.1) is 5.92 Å². The first kappa shape index (κ1) is 16.2. The van der Waals surface area contributed by atoms with Crippen molar-refractivity contribution < 1.29 is 33.7 Å². The van der Waals surface area contributed by atoms with Gasteiger partial charge in [-0.2, -0.15) is 0 Å². The molecule has 1 aromatic rings. The third-order valence-corrected chi connectivity index (χ3v) is 4.65. The summed E-state index contributed by atoms with van der Waals surface area (Å²) in [5.41, 5.74) is 4.26. The third-order valence-electron chi connectivity index (χ3n) is 4.65. The van der Waals surface area contributed by atoms with Crippen molar-refractivity contribution in [2.45, 2.75) is 18.1 Å². The number of hydrogen-bond donors (Lipinski definition) is 4. The molecule has 5 atom stereocenters. The van der Waals surface area contributed by atoms with E-state index in [4.69, 9.17) is 15.6 Å². The van der Waals surface area contributed by atoms with Crippen LogP contribution in [0, 0.1) is 23.6 Å². The van der Waals surface area contributed by atoms with Crippen LogP contribution in [0.5, 0.6) is 0 Å². The number of ether oxygens (including phenoxy) is 1. The molecule has 24 heavy (non-hydrogen) atoms. The second kappa shape index (κ2) is 5.45. The molecule has 0 heterocycles. The Kier molecular flexibility index (Phi) is 3.67. The first-order valence-corrected chi connectivity index (χ1v) is 7.22. The predicted molar refractivity (Wildman–Crippen MR) is 77.6 cm³/mol. The molecule has 2 saturated carbocycles. The Hall–Kier alpha value is -2.68. The number of rotatable bonds is 4. The van der Waals surface area contributed by atoms with E-state index in [1.807, 2.05) is 0 Å². The number of halogens is 1. The summed E-state index contributed by atoms with van der Waals surface area (Å²) in [7, 11) is 0. The predicted octanol–water partition coefficient (Wildman–Crippen LogP) is 0.875. The van der Waals surface area contributed by atoms with E-state index in [2.05, 4.69) is 5.32 Å². The molecule has 5 N–H and O–H groups in total. The quantitative estimate of drug-likeness (QED) is 0.639. The van der Waals surface area contributed by atoms with Crippen molar-refractivity contribution in [2.75, 3.05) is 5.32 Å². The lowest BCUT2D eigenvalue weighted by Crippen LogP contribution is -2.51. The van der Waals surface area contributed by atoms with Gasteiger partial charge in [0.1, 0.15) is 17.5 Å². The average Bonchev–Trinajstić information content (AvgIpc) is 3.16. The van der Waals surface area contributed by atoms with Gasteiger partial charge < -0.3 is 20.7 Å². The molecule has 8 nitrogen and oxygen atoms in total. The number of fused-ring (bicyclic) bond motifs is 1. The average molecular weight is 338 g/mol. The standard InChI is InChI=1S/C15H15FN2O6/c16-6-2-1-3-7(4-6)18-14(23)24-8-5-15(17,13(21)22)11-9(8)10(11)12(19)20/h1-4,8-11H,5,17H2,(H,18,23)(H,19,20)(H,21,22)/t8?,9?,10-,11?,15?/m0/s1. The fraction of sp³-hybridized carbons (Fsp3) is 0.400. The van der Waals surface area contributed by atoms with Gasteiger partial charge in [-0.15, -0.1) is 0 Å². The number of amides is 1. The minimum absolute atomic E-state index is 0.164. The molecule has 3 rings (SSSR count). The van der Waals surface area contributed by atoms with Gasteiger partial charge in [0.15, 0.2) is 0 Å². The summed E-state index contributed by atoms with van der Waals surface area (Å²) in [4.78, 5) is 34.5. The second-order valence-corrected chi connectivity index (χ2v) is 6.10. The summed E-state index contributed by atoms with van der Waals surface area (Å²) in [5.74, 6) is -5.40. The number of carbonyl (C=O) groups is 3. The van der Waals surface area contributed by atoms with Gasteiger partial charge >= 0.3 is 18.0 Å². The van der Waals surface area contributed by atoms with E-state index in [1.54, 1.807) is 0 Å². The Morgan fingerprint density at radius 2 is 2.04 bits per heavy atom. The van der Waals surface area contributed by atoms with Crippen LogP contribution in [-0.4, -0.2) is 39.9 Å². The zero-order valence-corrected chi connectivity index (χ0v) is 12.3. The first-order valence-electron chi connectivity index (χ1n) is 7.22. The monoisotopic (exact) mass is 338 g/mol. The molecule has 0 aromatic heterocycles. The van der Waals surface area contributed by atoms with E-state index in [-0.39, 0.29) is 12.1 Å². The number of nitrogens with two attached hydrogens (primary N) is 1. The maximum atomic E-state index is 13.1. The van der Waals surface area contributed by atoms with E-state index in [9.17, 15) is 23.9 Å². The van der Waals surface area contributed by atoms with E-state index in [1.165, 1.54) is 18.2 Å². The SMILES string of the molecule is NC1(C(=O)O)CC(OC(=O)Nc2cccc(F)c2)C2C1[C@H]2C(=O)O. The highest BCUT2D eigenvalue weighted by molar-refractivity contribution is 5.87. The van der Waals surface area contributed by atoms with E-state index < -0.39 is 53.2 Å². The van der Waals surface area contributed by atoms with Crippen molar-refractivity contribution in [3.8, 4) is 0 Å². The number of aliphatic carboxylic acids is 2. The summed E-state index contributed by atoms with van der Waals surface area (Å²) in [6.45, 7) is 0. The molecule has 9 heteroatoms. The molecule has 2 fully saturated rings. The van der Waals surface area contributed by atoms with E-state index in [0.29, 0.717) is 0 Å². The van der Waals surface area contributed by atoms with Crippen LogP contribution in [0.3, 0.4) is 0 Å². The minimum Gasteiger partial charge on any atom is -0.481 e. The third kappa shape index (κ3) is 2.56. The Morgan fingerprint density at radius 3 is 2.62 bits per heavy atom. The van der Waals surface area contributed by atoms with Gasteiger partial charge in [-0.25, -0.2) is 9.18 Å². The van der Waals surface area contributed by atoms with Crippen molar-refractivity contribution in [1.29, 1.82) is 0 Å². The van der Waals surface area contributed by atoms with Gasteiger partial charge in [-0.05, 0) is 18.2 Å². The smallest absolute Gasteiger partial charge is 0.411 e. The van der Waals surface area contributed by atoms with E-state index in [0.717, 1.165) is 6.07 Å². The molecular formula is C15H15FN2O6. The summed E-state index contributed by atoms with van der Waals surface area (Å²) in [6.07, 6.45) is -2.02. The van der Waals surface area contributed by atoms with Crippen LogP contribution in [0.4, 0.5) is 14.9 Å². The van der Waals surface area contributed by atoms with Crippen LogP contribution in [0.2, 0.25) is 0 Å². The van der Waals surface area contributed by atoms with Gasteiger partial charge in [0.25, 0.3) is 0 Å². The highest BCUT2D eigenvalue weighted by Gasteiger charge is 2.75. The first-order chi connectivity index (χ1) is 11.2. The molecule has 0 radical (unpaired) electrons. The van der Waals surface area contributed by atoms with Gasteiger partial charge in [0, 0.05) is 23.9 Å². The zero-order chi connectivity index (χ0) is 17.6. The van der Waals surface area contributed by atoms with Crippen molar-refractivity contribution in [2.24, 2.45) is 23.5 Å². The summed E-state index contributed by atoms with van der Waals surface area (Å²) in [5, 5.41) is 20.7. The fourth-order valence-electron chi connectivity index (χ4n) is 3.59. The molecule has 0 bridgehead atoms. The fourth-order valence-corrected chi connectivity index (χ4v) is 3.59. The lowest BCUT2D eigenvalue weighted by atomic mass is 9.91. The summed E-state index contributed by atoms with van der Waals surface area (Å²) >= 11 is 0. The molecular weight excluding hydrogens is 323 g/mol. The van der Waals surface area contributed by atoms with Crippen molar-refractivity contribution in [3.05, 3.63) is 30.1 Å². The normalized spacial score (nSPS) is 33.4. The second-order valence-electron chi connectivity index (χ2n) is 6.10. The Morgan fingerprint density at radius 1 is 1.33 bits per heavy atom. The van der Waals surface area contributed by atoms with Crippen molar-refractivity contribution in [1.82, 2.24) is 0 Å². The number of carboxylic acids is 2. The maximum Gasteiger partial charge on any atom is 0.411 e. The highest BCUT2D eigenvalue weighted by atomic mass is 19.1. The van der Waals surface area contributed by atoms with Crippen molar-refractivity contribution in [3.63, 3.8) is 0 Å². The molecule has 4 unspecified atom stereocenters. The van der Waals surface area contributed by atoms with Crippen molar-refractivity contribution >= 4 is 23.7 Å². The maximum absolute atomic E-state index is 13.1. The van der Waals surface area contributed by atoms with Gasteiger partial charge in [-0.1, -0.05) is 6.07 Å². The molecule has 1 aromatic carbocycles. The number of nitrogens with one attached hydrogen (secondary N) is 1. The topological polar surface area (TPSA) is 139 Å². The van der Waals surface area contributed by atoms with Crippen LogP contribution < -0.4 is 11.1 Å². The number of carbonyl (C=O) groups excluding carboxylic acids is 1. The Labute approximate surface area is 135 Å². The molecule has 0 aliphatic heterocycles. The summed E-state index contributed by atoms with van der Waals surface area (Å²) in [6, 6.07) is 5.13. The number of hydrogen-bond acceptors (Lipinski definition) is 5. The molecule has 0 spiro atoms. The molecule has 1 amide bonds. The Bertz CT molecular complexity index is 726. The number of anilines is 1. The van der Waals surface area contributed by atoms with Crippen LogP contribution in [0.1, 0.15) is 6.42 Å². The molecule has 2 aliphatic carbocycles. The van der Waals surface area contributed by atoms with Gasteiger partial charge in [0.2, 0.25) is 0 Å². The Balaban J connectivity index is 1.70. The van der Waals surface area contributed by atoms with Crippen LogP contribution in [0.15, 0.2) is 24.3 Å². The highest BCUT2D eigenvalue weighted by Crippen LogP contribution is 2.62. The largest absolute Gasteiger partial charge is 0.481 e. The minimum atomic E-state index is -1.74. The lowest BCUT2D eigenvalue weighted by molar-refractivity contribution is -0.146. The van der Waals surface area contributed by atoms with E-state index >= 15 is 0 Å². The summed E-state index contributed by atoms with van der Waals surface area (Å²) < 4.78 is 18.2. The van der Waals surface area contributed by atoms with Crippen LogP contribution in [-0.2, 0) is 14.3 Å². The molecule has 0 saturated heterocycles. The number of benzene rings is 1. The van der Waals surface area contributed by atoms with Crippen LogP contribution in [0.25, 0.3) is 0 Å². The zero-order valence-electron chi connectivity index (χ0n) is 12.3. The number of carboxylic acid groups (broad SMARTS) is 2. The molecule has 2 aliphatic rings.